The van der Waals surface area contributed by atoms with Crippen LogP contribution < -0.4 is 0 Å². The van der Waals surface area contributed by atoms with E-state index in [2.05, 4.69) is 4.98 Å². The molecule has 1 fully saturated rings. The smallest absolute Gasteiger partial charge is 0.139 e. The first-order chi connectivity index (χ1) is 10.5. The van der Waals surface area contributed by atoms with Crippen LogP contribution in [0.1, 0.15) is 24.1 Å². The molecule has 0 saturated heterocycles. The Labute approximate surface area is 132 Å². The Kier molecular flexibility index (Phi) is 3.67. The van der Waals surface area contributed by atoms with Crippen molar-refractivity contribution in [2.45, 2.75) is 36.3 Å². The molecule has 1 atom stereocenters. The van der Waals surface area contributed by atoms with E-state index in [1.165, 1.54) is 18.6 Å². The maximum atomic E-state index is 13.9. The van der Waals surface area contributed by atoms with E-state index in [0.29, 0.717) is 24.1 Å². The van der Waals surface area contributed by atoms with Gasteiger partial charge in [-0.25, -0.2) is 9.37 Å². The summed E-state index contributed by atoms with van der Waals surface area (Å²) in [4.78, 5) is 3.13. The summed E-state index contributed by atoms with van der Waals surface area (Å²) in [6.07, 6.45) is 4.32. The van der Waals surface area contributed by atoms with Gasteiger partial charge in [-0.1, -0.05) is 18.2 Å². The summed E-state index contributed by atoms with van der Waals surface area (Å²) in [5, 5.41) is 20.2. The number of imidazole rings is 1. The van der Waals surface area contributed by atoms with Gasteiger partial charge in [0, 0.05) is 6.42 Å². The lowest BCUT2D eigenvalue weighted by Gasteiger charge is -2.34. The molecule has 1 unspecified atom stereocenters. The fraction of sp³-hybridized carbons (Fsp3) is 0.375. The van der Waals surface area contributed by atoms with Gasteiger partial charge < -0.3 is 9.67 Å². The van der Waals surface area contributed by atoms with Crippen LogP contribution in [0.15, 0.2) is 36.8 Å². The van der Waals surface area contributed by atoms with Crippen LogP contribution in [0.3, 0.4) is 0 Å². The molecule has 0 amide bonds. The minimum Gasteiger partial charge on any atom is -0.386 e. The van der Waals surface area contributed by atoms with Gasteiger partial charge in [-0.2, -0.15) is 5.26 Å². The van der Waals surface area contributed by atoms with Gasteiger partial charge in [-0.05, 0) is 24.5 Å². The Hall–Kier alpha value is -1.90. The zero-order valence-electron chi connectivity index (χ0n) is 11.8. The third kappa shape index (κ3) is 2.60. The Morgan fingerprint density at radius 1 is 1.45 bits per heavy atom. The van der Waals surface area contributed by atoms with Crippen LogP contribution in [0.25, 0.3) is 0 Å². The number of aliphatic hydroxyl groups is 1. The third-order valence-electron chi connectivity index (χ3n) is 4.22. The predicted molar refractivity (Wildman–Crippen MR) is 79.8 cm³/mol. The number of nitrogens with zero attached hydrogens (tertiary/aromatic N) is 3. The summed E-state index contributed by atoms with van der Waals surface area (Å²) >= 11 is 6.48. The first-order valence-corrected chi connectivity index (χ1v) is 7.40. The summed E-state index contributed by atoms with van der Waals surface area (Å²) in [6.45, 7) is 0.105. The lowest BCUT2D eigenvalue weighted by Crippen LogP contribution is -2.47. The van der Waals surface area contributed by atoms with Crippen molar-refractivity contribution in [1.82, 2.24) is 9.55 Å². The van der Waals surface area contributed by atoms with E-state index in [1.54, 1.807) is 22.8 Å². The van der Waals surface area contributed by atoms with E-state index in [9.17, 15) is 9.50 Å². The Bertz CT molecular complexity index is 729. The van der Waals surface area contributed by atoms with Crippen LogP contribution in [0.4, 0.5) is 4.39 Å². The van der Waals surface area contributed by atoms with Crippen molar-refractivity contribution in [2.75, 3.05) is 0 Å². The van der Waals surface area contributed by atoms with Gasteiger partial charge in [0.15, 0.2) is 0 Å². The molecule has 22 heavy (non-hydrogen) atoms. The number of nitriles is 1. The molecular weight excluding hydrogens is 305 g/mol. The maximum absolute atomic E-state index is 13.9. The average Bonchev–Trinajstić information content (AvgIpc) is 3.10. The van der Waals surface area contributed by atoms with E-state index in [-0.39, 0.29) is 18.8 Å². The maximum Gasteiger partial charge on any atom is 0.139 e. The molecule has 1 heterocycles. The number of rotatable bonds is 5. The van der Waals surface area contributed by atoms with Gasteiger partial charge in [0.1, 0.15) is 23.2 Å². The van der Waals surface area contributed by atoms with Crippen molar-refractivity contribution in [3.63, 3.8) is 0 Å². The van der Waals surface area contributed by atoms with Crippen LogP contribution in [-0.4, -0.2) is 25.1 Å². The Morgan fingerprint density at radius 3 is 2.82 bits per heavy atom. The minimum atomic E-state index is -1.34. The molecule has 1 aliphatic carbocycles. The second-order valence-electron chi connectivity index (χ2n) is 5.78. The fourth-order valence-corrected chi connectivity index (χ4v) is 2.93. The van der Waals surface area contributed by atoms with Crippen molar-refractivity contribution in [2.24, 2.45) is 0 Å². The van der Waals surface area contributed by atoms with Crippen molar-refractivity contribution < 1.29 is 9.50 Å². The van der Waals surface area contributed by atoms with Crippen LogP contribution in [0.5, 0.6) is 0 Å². The van der Waals surface area contributed by atoms with E-state index in [4.69, 9.17) is 16.9 Å². The largest absolute Gasteiger partial charge is 0.386 e. The second-order valence-corrected chi connectivity index (χ2v) is 6.51. The number of alkyl halides is 1. The van der Waals surface area contributed by atoms with Gasteiger partial charge in [0.05, 0.1) is 23.9 Å². The number of aromatic nitrogens is 2. The van der Waals surface area contributed by atoms with E-state index >= 15 is 0 Å². The molecule has 1 aromatic heterocycles. The summed E-state index contributed by atoms with van der Waals surface area (Å²) in [6, 6.07) is 8.35. The minimum absolute atomic E-state index is 0.0895. The number of hydrogen-bond acceptors (Lipinski definition) is 3. The number of hydrogen-bond donors (Lipinski definition) is 1. The first-order valence-electron chi connectivity index (χ1n) is 7.02. The molecule has 4 nitrogen and oxygen atoms in total. The lowest BCUT2D eigenvalue weighted by molar-refractivity contribution is 0.00995. The molecule has 1 aromatic carbocycles. The fourth-order valence-electron chi connectivity index (χ4n) is 2.71. The summed E-state index contributed by atoms with van der Waals surface area (Å²) in [5.41, 5.74) is -0.591. The van der Waals surface area contributed by atoms with Gasteiger partial charge in [-0.3, -0.25) is 0 Å². The van der Waals surface area contributed by atoms with Crippen LogP contribution >= 0.6 is 11.6 Å². The quantitative estimate of drug-likeness (QED) is 0.862. The molecule has 114 valence electrons. The number of halogens is 2. The molecule has 1 saturated carbocycles. The highest BCUT2D eigenvalue weighted by Gasteiger charge is 2.58. The molecule has 0 radical (unpaired) electrons. The van der Waals surface area contributed by atoms with Gasteiger partial charge in [0.2, 0.25) is 0 Å². The van der Waals surface area contributed by atoms with E-state index in [0.717, 1.165) is 0 Å². The van der Waals surface area contributed by atoms with Crippen molar-refractivity contribution in [3.05, 3.63) is 53.9 Å². The van der Waals surface area contributed by atoms with E-state index < -0.39 is 10.5 Å². The van der Waals surface area contributed by atoms with Crippen molar-refractivity contribution in [3.8, 4) is 6.07 Å². The highest BCUT2D eigenvalue weighted by molar-refractivity contribution is 6.26. The molecule has 1 aliphatic rings. The van der Waals surface area contributed by atoms with Crippen molar-refractivity contribution in [1.29, 1.82) is 5.26 Å². The predicted octanol–water partition coefficient (Wildman–Crippen LogP) is 2.64. The highest BCUT2D eigenvalue weighted by Crippen LogP contribution is 2.53. The first kappa shape index (κ1) is 15.0. The van der Waals surface area contributed by atoms with Crippen LogP contribution in [-0.2, 0) is 13.0 Å². The summed E-state index contributed by atoms with van der Waals surface area (Å²) < 4.78 is 15.5. The van der Waals surface area contributed by atoms with Gasteiger partial charge >= 0.3 is 0 Å². The molecule has 1 N–H and O–H groups in total. The molecular formula is C16H15ClFN3O. The highest BCUT2D eigenvalue weighted by atomic mass is 35.5. The van der Waals surface area contributed by atoms with Crippen LogP contribution in [0.2, 0.25) is 0 Å². The lowest BCUT2D eigenvalue weighted by atomic mass is 9.88. The standard InChI is InChI=1S/C16H15ClFN3O/c17-15(5-6-15)16(22,7-12-3-1-2-4-14(12)18)10-21-11-20-9-13(21)8-19/h1-4,9,11,22H,5-7,10H2. The second kappa shape index (κ2) is 5.38. The Morgan fingerprint density at radius 2 is 2.18 bits per heavy atom. The van der Waals surface area contributed by atoms with Gasteiger partial charge in [0.25, 0.3) is 0 Å². The molecule has 3 rings (SSSR count). The SMILES string of the molecule is N#Cc1cncn1CC(O)(Cc1ccccc1F)C1(Cl)CC1. The van der Waals surface area contributed by atoms with E-state index in [1.807, 2.05) is 6.07 Å². The molecule has 0 bridgehead atoms. The third-order valence-corrected chi connectivity index (χ3v) is 4.95. The molecule has 6 heteroatoms. The molecule has 2 aromatic rings. The summed E-state index contributed by atoms with van der Waals surface area (Å²) in [5.74, 6) is -0.368. The zero-order valence-corrected chi connectivity index (χ0v) is 12.6. The topological polar surface area (TPSA) is 61.8 Å². The number of benzene rings is 1. The average molecular weight is 320 g/mol. The molecule has 0 spiro atoms. The monoisotopic (exact) mass is 319 g/mol. The normalized spacial score (nSPS) is 18.5. The summed E-state index contributed by atoms with van der Waals surface area (Å²) in [7, 11) is 0. The van der Waals surface area contributed by atoms with Crippen molar-refractivity contribution >= 4 is 11.6 Å². The van der Waals surface area contributed by atoms with Gasteiger partial charge in [-0.15, -0.1) is 11.6 Å². The Balaban J connectivity index is 1.93. The van der Waals surface area contributed by atoms with Crippen LogP contribution in [0, 0.1) is 17.1 Å². The molecule has 0 aliphatic heterocycles. The zero-order chi connectivity index (χ0) is 15.8.